The van der Waals surface area contributed by atoms with Crippen molar-refractivity contribution in [2.75, 3.05) is 13.2 Å². The van der Waals surface area contributed by atoms with E-state index in [2.05, 4.69) is 12.2 Å². The maximum absolute atomic E-state index is 12.8. The van der Waals surface area contributed by atoms with Crippen LogP contribution in [0.3, 0.4) is 0 Å². The number of ether oxygens (including phenoxy) is 1. The maximum Gasteiger partial charge on any atom is 0.326 e. The highest BCUT2D eigenvalue weighted by Crippen LogP contribution is 2.65. The van der Waals surface area contributed by atoms with Crippen LogP contribution in [-0.4, -0.2) is 41.6 Å². The van der Waals surface area contributed by atoms with E-state index in [1.165, 1.54) is 11.3 Å². The Bertz CT molecular complexity index is 808. The molecule has 5 aliphatic rings. The van der Waals surface area contributed by atoms with E-state index in [0.29, 0.717) is 16.7 Å². The number of likely N-dealkylation sites (tertiary alicyclic amines) is 1. The Kier molecular flexibility index (Phi) is 3.44. The van der Waals surface area contributed by atoms with Crippen LogP contribution in [0.15, 0.2) is 29.7 Å². The molecule has 2 heterocycles. The maximum atomic E-state index is 12.8. The van der Waals surface area contributed by atoms with Crippen LogP contribution in [0.5, 0.6) is 0 Å². The third-order valence-electron chi connectivity index (χ3n) is 6.20. The molecule has 1 aliphatic heterocycles. The Hall–Kier alpha value is -2.28. The second-order valence-electron chi connectivity index (χ2n) is 7.48. The van der Waals surface area contributed by atoms with Crippen LogP contribution in [-0.2, 0) is 19.1 Å². The van der Waals surface area contributed by atoms with Crippen molar-refractivity contribution < 1.29 is 23.9 Å². The first kappa shape index (κ1) is 15.9. The standard InChI is InChI=1S/C19H17NO5S/c21-13(14-2-1-5-26-14)8-25-15(22)7-20-18(23)16-9-3-4-10(12-6-11(9)12)17(16)19(20)24/h1-5,9-12,16-17H,6-8H2. The lowest BCUT2D eigenvalue weighted by molar-refractivity contribution is -0.152. The molecule has 0 spiro atoms. The summed E-state index contributed by atoms with van der Waals surface area (Å²) in [5, 5.41) is 1.77. The molecule has 6 atom stereocenters. The van der Waals surface area contributed by atoms with Crippen LogP contribution in [0, 0.1) is 35.5 Å². The van der Waals surface area contributed by atoms with E-state index in [4.69, 9.17) is 4.74 Å². The summed E-state index contributed by atoms with van der Waals surface area (Å²) >= 11 is 1.28. The highest BCUT2D eigenvalue weighted by atomic mass is 32.1. The van der Waals surface area contributed by atoms with Gasteiger partial charge in [-0.15, -0.1) is 11.3 Å². The molecule has 2 amide bonds. The summed E-state index contributed by atoms with van der Waals surface area (Å²) in [6.45, 7) is -0.781. The molecule has 2 saturated carbocycles. The van der Waals surface area contributed by atoms with Gasteiger partial charge in [-0.1, -0.05) is 18.2 Å². The first-order valence-corrected chi connectivity index (χ1v) is 9.70. The molecular formula is C19H17NO5S. The largest absolute Gasteiger partial charge is 0.456 e. The fourth-order valence-electron chi connectivity index (χ4n) is 5.00. The number of amides is 2. The van der Waals surface area contributed by atoms with Crippen LogP contribution in [0.25, 0.3) is 0 Å². The normalized spacial score (nSPS) is 36.1. The van der Waals surface area contributed by atoms with E-state index >= 15 is 0 Å². The minimum absolute atomic E-state index is 0.132. The minimum atomic E-state index is -0.722. The number of thiophene rings is 1. The monoisotopic (exact) mass is 371 g/mol. The van der Waals surface area contributed by atoms with E-state index in [0.717, 1.165) is 11.3 Å². The smallest absolute Gasteiger partial charge is 0.326 e. The van der Waals surface area contributed by atoms with E-state index in [1.807, 2.05) is 0 Å². The van der Waals surface area contributed by atoms with E-state index in [9.17, 15) is 19.2 Å². The molecule has 0 N–H and O–H groups in total. The van der Waals surface area contributed by atoms with Gasteiger partial charge in [0.15, 0.2) is 6.61 Å². The summed E-state index contributed by atoms with van der Waals surface area (Å²) in [4.78, 5) is 51.1. The zero-order valence-corrected chi connectivity index (χ0v) is 14.7. The van der Waals surface area contributed by atoms with Crippen molar-refractivity contribution in [2.24, 2.45) is 35.5 Å². The number of carbonyl (C=O) groups is 4. The zero-order chi connectivity index (χ0) is 18.0. The van der Waals surface area contributed by atoms with E-state index in [-0.39, 0.29) is 47.9 Å². The summed E-state index contributed by atoms with van der Waals surface area (Å²) in [6.07, 6.45) is 5.28. The molecule has 6 nitrogen and oxygen atoms in total. The molecule has 1 saturated heterocycles. The first-order chi connectivity index (χ1) is 12.6. The number of nitrogens with zero attached hydrogens (tertiary/aromatic N) is 1. The topological polar surface area (TPSA) is 80.8 Å². The lowest BCUT2D eigenvalue weighted by Crippen LogP contribution is -2.40. The molecule has 0 aromatic carbocycles. The predicted octanol–water partition coefficient (Wildman–Crippen LogP) is 1.53. The molecule has 4 aliphatic carbocycles. The predicted molar refractivity (Wildman–Crippen MR) is 91.0 cm³/mol. The first-order valence-electron chi connectivity index (χ1n) is 8.82. The highest BCUT2D eigenvalue weighted by molar-refractivity contribution is 7.12. The van der Waals surface area contributed by atoms with E-state index in [1.54, 1.807) is 17.5 Å². The summed E-state index contributed by atoms with van der Waals surface area (Å²) in [6, 6.07) is 3.41. The number of hydrogen-bond acceptors (Lipinski definition) is 6. The summed E-state index contributed by atoms with van der Waals surface area (Å²) in [7, 11) is 0. The molecule has 0 radical (unpaired) electrons. The average Bonchev–Trinajstić information content (AvgIpc) is 3.23. The Morgan fingerprint density at radius 1 is 1.12 bits per heavy atom. The van der Waals surface area contributed by atoms with Crippen LogP contribution >= 0.6 is 11.3 Å². The van der Waals surface area contributed by atoms with Gasteiger partial charge in [-0.3, -0.25) is 24.1 Å². The Morgan fingerprint density at radius 3 is 2.35 bits per heavy atom. The molecule has 7 heteroatoms. The Morgan fingerprint density at radius 2 is 1.77 bits per heavy atom. The fourth-order valence-corrected chi connectivity index (χ4v) is 5.65. The molecule has 2 bridgehead atoms. The number of ketones is 1. The van der Waals surface area contributed by atoms with Crippen LogP contribution < -0.4 is 0 Å². The molecule has 6 rings (SSSR count). The third kappa shape index (κ3) is 2.23. The number of hydrogen-bond donors (Lipinski definition) is 0. The van der Waals surface area contributed by atoms with Crippen molar-refractivity contribution in [1.82, 2.24) is 4.90 Å². The molecule has 1 aromatic heterocycles. The summed E-state index contributed by atoms with van der Waals surface area (Å²) < 4.78 is 5.00. The lowest BCUT2D eigenvalue weighted by atomic mass is 9.63. The van der Waals surface area contributed by atoms with Gasteiger partial charge in [0.2, 0.25) is 17.6 Å². The fraction of sp³-hybridized carbons (Fsp3) is 0.474. The van der Waals surface area contributed by atoms with Gasteiger partial charge >= 0.3 is 5.97 Å². The van der Waals surface area contributed by atoms with Crippen molar-refractivity contribution in [1.29, 1.82) is 0 Å². The SMILES string of the molecule is O=C(CN1C(=O)C2C3C=CC(C4CC34)C2C1=O)OCC(=O)c1cccs1. The van der Waals surface area contributed by atoms with Gasteiger partial charge < -0.3 is 4.74 Å². The van der Waals surface area contributed by atoms with Gasteiger partial charge in [-0.25, -0.2) is 0 Å². The Labute approximate surface area is 153 Å². The molecule has 3 fully saturated rings. The van der Waals surface area contributed by atoms with Crippen LogP contribution in [0.1, 0.15) is 16.1 Å². The molecule has 134 valence electrons. The quantitative estimate of drug-likeness (QED) is 0.339. The molecular weight excluding hydrogens is 354 g/mol. The van der Waals surface area contributed by atoms with Gasteiger partial charge in [0.05, 0.1) is 16.7 Å². The van der Waals surface area contributed by atoms with Crippen molar-refractivity contribution >= 4 is 34.9 Å². The molecule has 1 aromatic rings. The second kappa shape index (κ2) is 5.61. The van der Waals surface area contributed by atoms with Gasteiger partial charge in [-0.05, 0) is 41.5 Å². The lowest BCUT2D eigenvalue weighted by Gasteiger charge is -2.37. The number of allylic oxidation sites excluding steroid dienone is 2. The van der Waals surface area contributed by atoms with Crippen LogP contribution in [0.4, 0.5) is 0 Å². The molecule has 6 unspecified atom stereocenters. The van der Waals surface area contributed by atoms with Gasteiger partial charge in [-0.2, -0.15) is 0 Å². The summed E-state index contributed by atoms with van der Waals surface area (Å²) in [5.74, 6) is -0.845. The summed E-state index contributed by atoms with van der Waals surface area (Å²) in [5.41, 5.74) is 0. The Balaban J connectivity index is 1.24. The second-order valence-corrected chi connectivity index (χ2v) is 8.43. The van der Waals surface area contributed by atoms with Crippen molar-refractivity contribution in [3.8, 4) is 0 Å². The minimum Gasteiger partial charge on any atom is -0.456 e. The van der Waals surface area contributed by atoms with Gasteiger partial charge in [0, 0.05) is 0 Å². The number of rotatable bonds is 5. The number of esters is 1. The number of carbonyl (C=O) groups excluding carboxylic acids is 4. The van der Waals surface area contributed by atoms with Crippen LogP contribution in [0.2, 0.25) is 0 Å². The van der Waals surface area contributed by atoms with Gasteiger partial charge in [0.1, 0.15) is 6.54 Å². The van der Waals surface area contributed by atoms with Crippen molar-refractivity contribution in [3.05, 3.63) is 34.5 Å². The number of imide groups is 1. The van der Waals surface area contributed by atoms with Crippen molar-refractivity contribution in [3.63, 3.8) is 0 Å². The van der Waals surface area contributed by atoms with Crippen molar-refractivity contribution in [2.45, 2.75) is 6.42 Å². The molecule has 26 heavy (non-hydrogen) atoms. The van der Waals surface area contributed by atoms with Gasteiger partial charge in [0.25, 0.3) is 0 Å². The highest BCUT2D eigenvalue weighted by Gasteiger charge is 2.67. The van der Waals surface area contributed by atoms with E-state index < -0.39 is 12.5 Å². The third-order valence-corrected chi connectivity index (χ3v) is 7.11. The zero-order valence-electron chi connectivity index (χ0n) is 13.9. The average molecular weight is 371 g/mol. The number of Topliss-reactive ketones (excluding diaryl/α,β-unsaturated/α-hetero) is 1.